The van der Waals surface area contributed by atoms with E-state index in [9.17, 15) is 21.6 Å². The molecule has 0 N–H and O–H groups in total. The van der Waals surface area contributed by atoms with E-state index in [-0.39, 0.29) is 0 Å². The third-order valence-electron chi connectivity index (χ3n) is 1.62. The fraction of sp³-hybridized carbons (Fsp3) is 1.00. The highest BCUT2D eigenvalue weighted by molar-refractivity contribution is 7.92. The van der Waals surface area contributed by atoms with Gasteiger partial charge in [0.2, 0.25) is 5.50 Å². The van der Waals surface area contributed by atoms with Crippen LogP contribution in [0.2, 0.25) is 0 Å². The summed E-state index contributed by atoms with van der Waals surface area (Å²) in [4.78, 5) is 0. The van der Waals surface area contributed by atoms with Gasteiger partial charge in [-0.05, 0) is 0 Å². The van der Waals surface area contributed by atoms with Crippen molar-refractivity contribution in [2.45, 2.75) is 17.6 Å². The summed E-state index contributed by atoms with van der Waals surface area (Å²) in [5, 5.41) is 0. The lowest BCUT2D eigenvalue weighted by Gasteiger charge is -2.09. The van der Waals surface area contributed by atoms with Crippen LogP contribution in [0.25, 0.3) is 0 Å². The van der Waals surface area contributed by atoms with Crippen LogP contribution < -0.4 is 0 Å². The lowest BCUT2D eigenvalue weighted by atomic mass is 10.1. The summed E-state index contributed by atoms with van der Waals surface area (Å²) in [7, 11) is -4.03. The van der Waals surface area contributed by atoms with Gasteiger partial charge in [0, 0.05) is 6.42 Å². The summed E-state index contributed by atoms with van der Waals surface area (Å²) < 4.78 is 58.1. The van der Waals surface area contributed by atoms with Gasteiger partial charge in [0.15, 0.2) is 15.5 Å². The van der Waals surface area contributed by atoms with E-state index in [2.05, 4.69) is 0 Å². The van der Waals surface area contributed by atoms with Crippen molar-refractivity contribution >= 4 is 9.84 Å². The van der Waals surface area contributed by atoms with Crippen molar-refractivity contribution in [1.29, 1.82) is 0 Å². The van der Waals surface area contributed by atoms with E-state index in [0.717, 1.165) is 0 Å². The SMILES string of the molecule is O=S1(=O)CC(F)(CF)CC1F. The number of sulfone groups is 1. The molecule has 1 fully saturated rings. The second kappa shape index (κ2) is 2.36. The summed E-state index contributed by atoms with van der Waals surface area (Å²) >= 11 is 0. The third kappa shape index (κ3) is 1.50. The maximum Gasteiger partial charge on any atom is 0.204 e. The van der Waals surface area contributed by atoms with Crippen molar-refractivity contribution in [2.24, 2.45) is 0 Å². The first-order chi connectivity index (χ1) is 4.90. The van der Waals surface area contributed by atoms with Crippen LogP contribution in [0, 0.1) is 0 Å². The number of alkyl halides is 3. The van der Waals surface area contributed by atoms with Gasteiger partial charge in [0.05, 0.1) is 5.75 Å². The van der Waals surface area contributed by atoms with E-state index >= 15 is 0 Å². The molecule has 0 radical (unpaired) electrons. The number of halogens is 3. The fourth-order valence-corrected chi connectivity index (χ4v) is 2.67. The Morgan fingerprint density at radius 1 is 1.55 bits per heavy atom. The highest BCUT2D eigenvalue weighted by Gasteiger charge is 2.50. The Bertz CT molecular complexity index is 250. The van der Waals surface area contributed by atoms with Crippen molar-refractivity contribution in [3.63, 3.8) is 0 Å². The molecule has 11 heavy (non-hydrogen) atoms. The van der Waals surface area contributed by atoms with E-state index in [1.165, 1.54) is 0 Å². The average Bonchev–Trinajstić information content (AvgIpc) is 2.04. The zero-order valence-electron chi connectivity index (χ0n) is 5.56. The lowest BCUT2D eigenvalue weighted by molar-refractivity contribution is 0.130. The Kier molecular flexibility index (Phi) is 1.90. The normalized spacial score (nSPS) is 42.6. The van der Waals surface area contributed by atoms with Gasteiger partial charge in [-0.15, -0.1) is 0 Å². The van der Waals surface area contributed by atoms with Gasteiger partial charge in [0.1, 0.15) is 6.67 Å². The predicted octanol–water partition coefficient (Wildman–Crippen LogP) is 0.778. The fourth-order valence-electron chi connectivity index (χ4n) is 1.02. The first kappa shape index (κ1) is 8.83. The van der Waals surface area contributed by atoms with E-state index in [0.29, 0.717) is 0 Å². The number of hydrogen-bond donors (Lipinski definition) is 0. The third-order valence-corrected chi connectivity index (χ3v) is 3.48. The van der Waals surface area contributed by atoms with Gasteiger partial charge in [-0.2, -0.15) is 0 Å². The van der Waals surface area contributed by atoms with Crippen LogP contribution in [-0.4, -0.2) is 32.0 Å². The number of hydrogen-bond acceptors (Lipinski definition) is 2. The van der Waals surface area contributed by atoms with Gasteiger partial charge in [-0.1, -0.05) is 0 Å². The van der Waals surface area contributed by atoms with E-state index in [4.69, 9.17) is 0 Å². The molecule has 1 saturated heterocycles. The average molecular weight is 188 g/mol. The molecule has 0 amide bonds. The maximum absolute atomic E-state index is 12.8. The van der Waals surface area contributed by atoms with Gasteiger partial charge in [-0.25, -0.2) is 21.6 Å². The lowest BCUT2D eigenvalue weighted by Crippen LogP contribution is -2.26. The van der Waals surface area contributed by atoms with Crippen LogP contribution in [0.4, 0.5) is 13.2 Å². The molecule has 1 aliphatic rings. The Balaban J connectivity index is 2.88. The summed E-state index contributed by atoms with van der Waals surface area (Å²) in [6, 6.07) is 0. The molecule has 2 unspecified atom stereocenters. The molecular formula is C5H7F3O2S. The van der Waals surface area contributed by atoms with Gasteiger partial charge in [0.25, 0.3) is 0 Å². The van der Waals surface area contributed by atoms with Gasteiger partial charge < -0.3 is 0 Å². The Morgan fingerprint density at radius 2 is 2.09 bits per heavy atom. The quantitative estimate of drug-likeness (QED) is 0.609. The second-order valence-corrected chi connectivity index (χ2v) is 4.83. The summed E-state index contributed by atoms with van der Waals surface area (Å²) in [6.45, 7) is -1.44. The van der Waals surface area contributed by atoms with Crippen LogP contribution >= 0.6 is 0 Å². The molecule has 2 nitrogen and oxygen atoms in total. The zero-order chi connectivity index (χ0) is 8.70. The molecule has 0 bridgehead atoms. The minimum Gasteiger partial charge on any atom is -0.248 e. The summed E-state index contributed by atoms with van der Waals surface area (Å²) in [5.74, 6) is -1.03. The van der Waals surface area contributed by atoms with Crippen LogP contribution in [0.5, 0.6) is 0 Å². The predicted molar refractivity (Wildman–Crippen MR) is 33.1 cm³/mol. The zero-order valence-corrected chi connectivity index (χ0v) is 6.37. The van der Waals surface area contributed by atoms with Crippen LogP contribution in [0.1, 0.15) is 6.42 Å². The van der Waals surface area contributed by atoms with E-state index in [1.54, 1.807) is 0 Å². The second-order valence-electron chi connectivity index (χ2n) is 2.71. The van der Waals surface area contributed by atoms with Gasteiger partial charge in [-0.3, -0.25) is 0 Å². The molecule has 1 heterocycles. The van der Waals surface area contributed by atoms with E-state index < -0.39 is 39.9 Å². The maximum atomic E-state index is 12.8. The topological polar surface area (TPSA) is 34.1 Å². The van der Waals surface area contributed by atoms with E-state index in [1.807, 2.05) is 0 Å². The smallest absolute Gasteiger partial charge is 0.204 e. The molecule has 6 heteroatoms. The van der Waals surface area contributed by atoms with Crippen LogP contribution in [0.3, 0.4) is 0 Å². The molecular weight excluding hydrogens is 181 g/mol. The Hall–Kier alpha value is -0.260. The monoisotopic (exact) mass is 188 g/mol. The van der Waals surface area contributed by atoms with Crippen LogP contribution in [-0.2, 0) is 9.84 Å². The number of rotatable bonds is 1. The Morgan fingerprint density at radius 3 is 2.27 bits per heavy atom. The molecule has 0 spiro atoms. The highest BCUT2D eigenvalue weighted by atomic mass is 32.2. The first-order valence-electron chi connectivity index (χ1n) is 3.00. The highest BCUT2D eigenvalue weighted by Crippen LogP contribution is 2.33. The van der Waals surface area contributed by atoms with Crippen molar-refractivity contribution < 1.29 is 21.6 Å². The minimum atomic E-state index is -4.03. The molecule has 0 aliphatic carbocycles. The molecule has 2 atom stereocenters. The molecule has 66 valence electrons. The van der Waals surface area contributed by atoms with Gasteiger partial charge >= 0.3 is 0 Å². The van der Waals surface area contributed by atoms with Crippen molar-refractivity contribution in [3.05, 3.63) is 0 Å². The first-order valence-corrected chi connectivity index (χ1v) is 4.72. The molecule has 1 rings (SSSR count). The molecule has 0 aromatic heterocycles. The minimum absolute atomic E-state index is 0.869. The summed E-state index contributed by atoms with van der Waals surface area (Å²) in [5.41, 5.74) is -4.72. The molecule has 0 aromatic carbocycles. The molecule has 0 saturated carbocycles. The standard InChI is InChI=1S/C5H7F3O2S/c6-2-5(8)1-4(7)11(9,10)3-5/h4H,1-3H2. The molecule has 0 aromatic rings. The Labute approximate surface area is 62.3 Å². The molecule has 1 aliphatic heterocycles. The van der Waals surface area contributed by atoms with Crippen molar-refractivity contribution in [2.75, 3.05) is 12.4 Å². The summed E-state index contributed by atoms with van der Waals surface area (Å²) in [6.07, 6.45) is -0.869. The largest absolute Gasteiger partial charge is 0.248 e. The van der Waals surface area contributed by atoms with Crippen molar-refractivity contribution in [3.8, 4) is 0 Å². The van der Waals surface area contributed by atoms with Crippen LogP contribution in [0.15, 0.2) is 0 Å². The van der Waals surface area contributed by atoms with Crippen molar-refractivity contribution in [1.82, 2.24) is 0 Å².